The molecule has 1 unspecified atom stereocenters. The number of hydrogen-bond acceptors (Lipinski definition) is 4. The van der Waals surface area contributed by atoms with Gasteiger partial charge in [0.15, 0.2) is 0 Å². The van der Waals surface area contributed by atoms with Crippen LogP contribution in [-0.2, 0) is 10.5 Å². The van der Waals surface area contributed by atoms with E-state index in [4.69, 9.17) is 15.1 Å². The Morgan fingerprint density at radius 1 is 1.53 bits per heavy atom. The molecule has 0 aliphatic heterocycles. The molecular formula is C14H17NO3S. The van der Waals surface area contributed by atoms with Crippen molar-refractivity contribution in [2.24, 2.45) is 5.92 Å². The lowest BCUT2D eigenvalue weighted by Crippen LogP contribution is -2.22. The molecule has 1 aromatic rings. The van der Waals surface area contributed by atoms with E-state index in [-0.39, 0.29) is 5.92 Å². The molecule has 0 saturated heterocycles. The molecule has 1 atom stereocenters. The van der Waals surface area contributed by atoms with Crippen LogP contribution in [0, 0.1) is 17.2 Å². The molecule has 0 radical (unpaired) electrons. The smallest absolute Gasteiger partial charge is 0.316 e. The predicted octanol–water partition coefficient (Wildman–Crippen LogP) is 2.91. The average Bonchev–Trinajstić information content (AvgIpc) is 2.37. The number of benzene rings is 1. The fourth-order valence-electron chi connectivity index (χ4n) is 1.69. The predicted molar refractivity (Wildman–Crippen MR) is 75.3 cm³/mol. The molecule has 19 heavy (non-hydrogen) atoms. The van der Waals surface area contributed by atoms with Crippen LogP contribution in [0.1, 0.15) is 25.0 Å². The van der Waals surface area contributed by atoms with Gasteiger partial charge in [-0.25, -0.2) is 0 Å². The van der Waals surface area contributed by atoms with Gasteiger partial charge in [-0.1, -0.05) is 13.8 Å². The SMILES string of the molecule is COc1ccc(C#N)cc1CSC(C(=O)O)C(C)C. The summed E-state index contributed by atoms with van der Waals surface area (Å²) in [5, 5.41) is 17.6. The first kappa shape index (κ1) is 15.4. The minimum absolute atomic E-state index is 0.0487. The number of nitrogens with zero attached hydrogens (tertiary/aromatic N) is 1. The Hall–Kier alpha value is -1.67. The van der Waals surface area contributed by atoms with Crippen LogP contribution in [0.15, 0.2) is 18.2 Å². The second kappa shape index (κ2) is 7.05. The first-order valence-corrected chi connectivity index (χ1v) is 6.96. The molecule has 5 heteroatoms. The highest BCUT2D eigenvalue weighted by molar-refractivity contribution is 7.99. The van der Waals surface area contributed by atoms with Crippen LogP contribution in [0.4, 0.5) is 0 Å². The number of aliphatic carboxylic acids is 1. The van der Waals surface area contributed by atoms with Gasteiger partial charge >= 0.3 is 5.97 Å². The van der Waals surface area contributed by atoms with Gasteiger partial charge in [0.2, 0.25) is 0 Å². The molecule has 1 N–H and O–H groups in total. The molecule has 0 aromatic heterocycles. The molecule has 4 nitrogen and oxygen atoms in total. The van der Waals surface area contributed by atoms with Gasteiger partial charge in [0.1, 0.15) is 11.0 Å². The van der Waals surface area contributed by atoms with Gasteiger partial charge in [0.05, 0.1) is 18.7 Å². The fourth-order valence-corrected chi connectivity index (χ4v) is 2.80. The first-order chi connectivity index (χ1) is 8.99. The van der Waals surface area contributed by atoms with Crippen molar-refractivity contribution in [1.29, 1.82) is 5.26 Å². The molecule has 0 bridgehead atoms. The van der Waals surface area contributed by atoms with Crippen molar-refractivity contribution in [2.75, 3.05) is 7.11 Å². The minimum Gasteiger partial charge on any atom is -0.496 e. The van der Waals surface area contributed by atoms with Gasteiger partial charge in [0, 0.05) is 11.3 Å². The Balaban J connectivity index is 2.86. The van der Waals surface area contributed by atoms with Gasteiger partial charge in [-0.3, -0.25) is 4.79 Å². The zero-order chi connectivity index (χ0) is 14.4. The monoisotopic (exact) mass is 279 g/mol. The van der Waals surface area contributed by atoms with Crippen molar-refractivity contribution in [3.63, 3.8) is 0 Å². The van der Waals surface area contributed by atoms with E-state index in [2.05, 4.69) is 6.07 Å². The number of carboxylic acid groups (broad SMARTS) is 1. The molecule has 1 aromatic carbocycles. The molecule has 0 amide bonds. The van der Waals surface area contributed by atoms with Crippen LogP contribution in [0.2, 0.25) is 0 Å². The number of nitriles is 1. The number of methoxy groups -OCH3 is 1. The molecule has 0 fully saturated rings. The molecule has 0 heterocycles. The average molecular weight is 279 g/mol. The summed E-state index contributed by atoms with van der Waals surface area (Å²) in [6.07, 6.45) is 0. The minimum atomic E-state index is -0.810. The largest absolute Gasteiger partial charge is 0.496 e. The number of ether oxygens (including phenoxy) is 1. The third-order valence-corrected chi connectivity index (χ3v) is 4.26. The van der Waals surface area contributed by atoms with E-state index in [0.29, 0.717) is 17.1 Å². The van der Waals surface area contributed by atoms with E-state index in [1.165, 1.54) is 11.8 Å². The third-order valence-electron chi connectivity index (χ3n) is 2.68. The van der Waals surface area contributed by atoms with Gasteiger partial charge in [-0.2, -0.15) is 5.26 Å². The highest BCUT2D eigenvalue weighted by atomic mass is 32.2. The van der Waals surface area contributed by atoms with E-state index in [1.54, 1.807) is 25.3 Å². The Kier molecular flexibility index (Phi) is 5.71. The zero-order valence-corrected chi connectivity index (χ0v) is 12.0. The molecular weight excluding hydrogens is 262 g/mol. The quantitative estimate of drug-likeness (QED) is 0.867. The summed E-state index contributed by atoms with van der Waals surface area (Å²) >= 11 is 1.35. The van der Waals surface area contributed by atoms with Crippen molar-refractivity contribution >= 4 is 17.7 Å². The Labute approximate surface area is 117 Å². The summed E-state index contributed by atoms with van der Waals surface area (Å²) in [4.78, 5) is 11.1. The first-order valence-electron chi connectivity index (χ1n) is 5.91. The summed E-state index contributed by atoms with van der Waals surface area (Å²) in [6, 6.07) is 7.23. The van der Waals surface area contributed by atoms with Gasteiger partial charge in [-0.05, 0) is 24.1 Å². The standard InChI is InChI=1S/C14H17NO3S/c1-9(2)13(14(16)17)19-8-11-6-10(7-15)4-5-12(11)18-3/h4-6,9,13H,8H2,1-3H3,(H,16,17). The summed E-state index contributed by atoms with van der Waals surface area (Å²) < 4.78 is 5.23. The second-order valence-electron chi connectivity index (χ2n) is 4.45. The Morgan fingerprint density at radius 3 is 2.68 bits per heavy atom. The fraction of sp³-hybridized carbons (Fsp3) is 0.429. The second-order valence-corrected chi connectivity index (χ2v) is 5.58. The van der Waals surface area contributed by atoms with Gasteiger partial charge in [0.25, 0.3) is 0 Å². The van der Waals surface area contributed by atoms with Gasteiger partial charge in [-0.15, -0.1) is 11.8 Å². The maximum Gasteiger partial charge on any atom is 0.316 e. The molecule has 102 valence electrons. The van der Waals surface area contributed by atoms with Crippen LogP contribution in [0.5, 0.6) is 5.75 Å². The van der Waals surface area contributed by atoms with Crippen LogP contribution in [-0.4, -0.2) is 23.4 Å². The molecule has 0 spiro atoms. The highest BCUT2D eigenvalue weighted by Crippen LogP contribution is 2.29. The van der Waals surface area contributed by atoms with Gasteiger partial charge < -0.3 is 9.84 Å². The molecule has 0 saturated carbocycles. The maximum absolute atomic E-state index is 11.1. The zero-order valence-electron chi connectivity index (χ0n) is 11.2. The number of carbonyl (C=O) groups is 1. The van der Waals surface area contributed by atoms with Crippen molar-refractivity contribution in [3.8, 4) is 11.8 Å². The van der Waals surface area contributed by atoms with Crippen LogP contribution in [0.25, 0.3) is 0 Å². The lowest BCUT2D eigenvalue weighted by molar-refractivity contribution is -0.137. The van der Waals surface area contributed by atoms with E-state index in [1.807, 2.05) is 13.8 Å². The Bertz CT molecular complexity index is 494. The van der Waals surface area contributed by atoms with E-state index < -0.39 is 11.2 Å². The van der Waals surface area contributed by atoms with Crippen molar-refractivity contribution in [2.45, 2.75) is 24.9 Å². The van der Waals surface area contributed by atoms with Crippen LogP contribution >= 0.6 is 11.8 Å². The van der Waals surface area contributed by atoms with Crippen LogP contribution < -0.4 is 4.74 Å². The molecule has 0 aliphatic rings. The highest BCUT2D eigenvalue weighted by Gasteiger charge is 2.22. The summed E-state index contributed by atoms with van der Waals surface area (Å²) in [6.45, 7) is 3.77. The lowest BCUT2D eigenvalue weighted by Gasteiger charge is -2.16. The number of thioether (sulfide) groups is 1. The maximum atomic E-state index is 11.1. The van der Waals surface area contributed by atoms with E-state index in [0.717, 1.165) is 5.56 Å². The summed E-state index contributed by atoms with van der Waals surface area (Å²) in [5.74, 6) is 0.427. The van der Waals surface area contributed by atoms with Crippen LogP contribution in [0.3, 0.4) is 0 Å². The molecule has 1 rings (SSSR count). The number of rotatable bonds is 6. The van der Waals surface area contributed by atoms with E-state index in [9.17, 15) is 4.79 Å². The number of hydrogen-bond donors (Lipinski definition) is 1. The third kappa shape index (κ3) is 4.18. The lowest BCUT2D eigenvalue weighted by atomic mass is 10.1. The van der Waals surface area contributed by atoms with E-state index >= 15 is 0 Å². The normalized spacial score (nSPS) is 11.9. The topological polar surface area (TPSA) is 70.3 Å². The summed E-state index contributed by atoms with van der Waals surface area (Å²) in [5.41, 5.74) is 1.39. The summed E-state index contributed by atoms with van der Waals surface area (Å²) in [7, 11) is 1.56. The van der Waals surface area contributed by atoms with Crippen molar-refractivity contribution in [1.82, 2.24) is 0 Å². The van der Waals surface area contributed by atoms with Crippen molar-refractivity contribution < 1.29 is 14.6 Å². The molecule has 0 aliphatic carbocycles. The number of carboxylic acids is 1. The Morgan fingerprint density at radius 2 is 2.21 bits per heavy atom. The van der Waals surface area contributed by atoms with Crippen molar-refractivity contribution in [3.05, 3.63) is 29.3 Å².